The van der Waals surface area contributed by atoms with Gasteiger partial charge in [-0.15, -0.1) is 0 Å². The molecule has 2 aromatic rings. The van der Waals surface area contributed by atoms with Crippen LogP contribution in [0.15, 0.2) is 42.5 Å². The van der Waals surface area contributed by atoms with E-state index in [0.29, 0.717) is 11.4 Å². The highest BCUT2D eigenvalue weighted by Crippen LogP contribution is 2.13. The van der Waals surface area contributed by atoms with Gasteiger partial charge in [0.2, 0.25) is 5.91 Å². The Hall–Kier alpha value is -2.20. The lowest BCUT2D eigenvalue weighted by molar-refractivity contribution is -0.115. The molecule has 0 spiro atoms. The lowest BCUT2D eigenvalue weighted by Crippen LogP contribution is -2.15. The maximum Gasteiger partial charge on any atom is 0.228 e. The van der Waals surface area contributed by atoms with E-state index in [1.54, 1.807) is 24.3 Å². The Morgan fingerprint density at radius 1 is 1.10 bits per heavy atom. The van der Waals surface area contributed by atoms with Gasteiger partial charge in [0.1, 0.15) is 4.99 Å². The third-order valence-corrected chi connectivity index (χ3v) is 3.62. The molecule has 2 aromatic carbocycles. The standard InChI is InChI=1S/C17H18N2OS/c1-11-3-4-13(9-12(11)2)10-16(20)19-15-7-5-14(6-8-15)17(18)21/h3-9H,10H2,1-2H3,(H2,18,21)(H,19,20). The van der Waals surface area contributed by atoms with Crippen molar-refractivity contribution in [2.24, 2.45) is 5.73 Å². The molecule has 0 atom stereocenters. The van der Waals surface area contributed by atoms with E-state index in [4.69, 9.17) is 18.0 Å². The first-order valence-corrected chi connectivity index (χ1v) is 7.12. The van der Waals surface area contributed by atoms with Gasteiger partial charge in [-0.25, -0.2) is 0 Å². The second-order valence-electron chi connectivity index (χ2n) is 5.09. The summed E-state index contributed by atoms with van der Waals surface area (Å²) >= 11 is 4.89. The Kier molecular flexibility index (Phi) is 4.70. The minimum Gasteiger partial charge on any atom is -0.389 e. The summed E-state index contributed by atoms with van der Waals surface area (Å²) in [4.78, 5) is 12.4. The number of carbonyl (C=O) groups excluding carboxylic acids is 1. The zero-order chi connectivity index (χ0) is 15.4. The first-order valence-electron chi connectivity index (χ1n) is 6.71. The Labute approximate surface area is 130 Å². The van der Waals surface area contributed by atoms with Crippen LogP contribution in [0.1, 0.15) is 22.3 Å². The molecule has 0 aliphatic rings. The highest BCUT2D eigenvalue weighted by molar-refractivity contribution is 7.80. The molecule has 0 unspecified atom stereocenters. The molecule has 0 aliphatic carbocycles. The quantitative estimate of drug-likeness (QED) is 0.853. The lowest BCUT2D eigenvalue weighted by Gasteiger charge is -2.08. The van der Waals surface area contributed by atoms with Gasteiger partial charge in [0.05, 0.1) is 6.42 Å². The molecule has 2 rings (SSSR count). The van der Waals surface area contributed by atoms with Gasteiger partial charge in [-0.05, 0) is 54.8 Å². The Balaban J connectivity index is 2.01. The van der Waals surface area contributed by atoms with Gasteiger partial charge in [0.15, 0.2) is 0 Å². The molecule has 3 N–H and O–H groups in total. The molecule has 1 amide bonds. The van der Waals surface area contributed by atoms with Crippen LogP contribution in [-0.4, -0.2) is 10.9 Å². The monoisotopic (exact) mass is 298 g/mol. The summed E-state index contributed by atoms with van der Waals surface area (Å²) in [5.41, 5.74) is 10.5. The van der Waals surface area contributed by atoms with E-state index in [1.165, 1.54) is 11.1 Å². The van der Waals surface area contributed by atoms with Crippen molar-refractivity contribution < 1.29 is 4.79 Å². The average Bonchev–Trinajstić information content (AvgIpc) is 2.43. The van der Waals surface area contributed by atoms with Crippen molar-refractivity contribution in [3.05, 3.63) is 64.7 Å². The predicted molar refractivity (Wildman–Crippen MR) is 90.6 cm³/mol. The number of aryl methyl sites for hydroxylation is 2. The summed E-state index contributed by atoms with van der Waals surface area (Å²) in [6.45, 7) is 4.10. The highest BCUT2D eigenvalue weighted by Gasteiger charge is 2.05. The number of amides is 1. The minimum absolute atomic E-state index is 0.0404. The van der Waals surface area contributed by atoms with Crippen molar-refractivity contribution in [2.75, 3.05) is 5.32 Å². The van der Waals surface area contributed by atoms with Crippen LogP contribution in [0.25, 0.3) is 0 Å². The molecule has 0 saturated carbocycles. The Bertz CT molecular complexity index is 678. The number of thiocarbonyl (C=S) groups is 1. The van der Waals surface area contributed by atoms with Crippen LogP contribution in [0, 0.1) is 13.8 Å². The second-order valence-corrected chi connectivity index (χ2v) is 5.52. The fourth-order valence-electron chi connectivity index (χ4n) is 2.02. The normalized spacial score (nSPS) is 10.2. The van der Waals surface area contributed by atoms with Gasteiger partial charge in [-0.3, -0.25) is 4.79 Å². The van der Waals surface area contributed by atoms with Crippen molar-refractivity contribution in [3.8, 4) is 0 Å². The van der Waals surface area contributed by atoms with E-state index in [2.05, 4.69) is 12.2 Å². The smallest absolute Gasteiger partial charge is 0.228 e. The van der Waals surface area contributed by atoms with Crippen LogP contribution in [0.4, 0.5) is 5.69 Å². The van der Waals surface area contributed by atoms with Crippen molar-refractivity contribution >= 4 is 28.8 Å². The minimum atomic E-state index is -0.0404. The van der Waals surface area contributed by atoms with E-state index < -0.39 is 0 Å². The number of nitrogens with two attached hydrogens (primary N) is 1. The lowest BCUT2D eigenvalue weighted by atomic mass is 10.0. The van der Waals surface area contributed by atoms with Gasteiger partial charge in [-0.1, -0.05) is 30.4 Å². The van der Waals surface area contributed by atoms with Gasteiger partial charge < -0.3 is 11.1 Å². The predicted octanol–water partition coefficient (Wildman–Crippen LogP) is 3.12. The summed E-state index contributed by atoms with van der Waals surface area (Å²) in [5.74, 6) is -0.0404. The molecule has 0 bridgehead atoms. The molecular formula is C17H18N2OS. The first kappa shape index (κ1) is 15.2. The van der Waals surface area contributed by atoms with Crippen molar-refractivity contribution in [1.82, 2.24) is 0 Å². The molecule has 0 saturated heterocycles. The highest BCUT2D eigenvalue weighted by atomic mass is 32.1. The Morgan fingerprint density at radius 3 is 2.33 bits per heavy atom. The molecule has 21 heavy (non-hydrogen) atoms. The van der Waals surface area contributed by atoms with Crippen molar-refractivity contribution in [3.63, 3.8) is 0 Å². The van der Waals surface area contributed by atoms with Crippen molar-refractivity contribution in [2.45, 2.75) is 20.3 Å². The fourth-order valence-corrected chi connectivity index (χ4v) is 2.16. The molecule has 0 aliphatic heterocycles. The molecule has 3 nitrogen and oxygen atoms in total. The number of benzene rings is 2. The SMILES string of the molecule is Cc1ccc(CC(=O)Nc2ccc(C(N)=S)cc2)cc1C. The Morgan fingerprint density at radius 2 is 1.76 bits per heavy atom. The summed E-state index contributed by atoms with van der Waals surface area (Å²) in [5, 5.41) is 2.87. The first-order chi connectivity index (χ1) is 9.95. The summed E-state index contributed by atoms with van der Waals surface area (Å²) in [7, 11) is 0. The summed E-state index contributed by atoms with van der Waals surface area (Å²) < 4.78 is 0. The van der Waals surface area contributed by atoms with E-state index in [-0.39, 0.29) is 5.91 Å². The molecular weight excluding hydrogens is 280 g/mol. The van der Waals surface area contributed by atoms with Crippen LogP contribution >= 0.6 is 12.2 Å². The maximum absolute atomic E-state index is 12.0. The van der Waals surface area contributed by atoms with E-state index >= 15 is 0 Å². The number of anilines is 1. The molecule has 0 heterocycles. The van der Waals surface area contributed by atoms with E-state index in [1.807, 2.05) is 25.1 Å². The topological polar surface area (TPSA) is 55.1 Å². The third kappa shape index (κ3) is 4.13. The van der Waals surface area contributed by atoms with Crippen LogP contribution in [-0.2, 0) is 11.2 Å². The molecule has 0 fully saturated rings. The fraction of sp³-hybridized carbons (Fsp3) is 0.176. The number of carbonyl (C=O) groups is 1. The zero-order valence-corrected chi connectivity index (χ0v) is 13.0. The van der Waals surface area contributed by atoms with E-state index in [9.17, 15) is 4.79 Å². The van der Waals surface area contributed by atoms with Crippen molar-refractivity contribution in [1.29, 1.82) is 0 Å². The molecule has 4 heteroatoms. The molecule has 0 radical (unpaired) electrons. The number of rotatable bonds is 4. The van der Waals surface area contributed by atoms with Gasteiger partial charge in [-0.2, -0.15) is 0 Å². The van der Waals surface area contributed by atoms with Gasteiger partial charge in [0.25, 0.3) is 0 Å². The number of nitrogens with one attached hydrogen (secondary N) is 1. The van der Waals surface area contributed by atoms with Crippen LogP contribution in [0.5, 0.6) is 0 Å². The number of hydrogen-bond acceptors (Lipinski definition) is 2. The average molecular weight is 298 g/mol. The summed E-state index contributed by atoms with van der Waals surface area (Å²) in [6, 6.07) is 13.3. The maximum atomic E-state index is 12.0. The number of hydrogen-bond donors (Lipinski definition) is 2. The third-order valence-electron chi connectivity index (χ3n) is 3.39. The van der Waals surface area contributed by atoms with E-state index in [0.717, 1.165) is 16.8 Å². The largest absolute Gasteiger partial charge is 0.389 e. The van der Waals surface area contributed by atoms with Crippen LogP contribution in [0.3, 0.4) is 0 Å². The molecule has 0 aromatic heterocycles. The second kappa shape index (κ2) is 6.50. The van der Waals surface area contributed by atoms with Gasteiger partial charge >= 0.3 is 0 Å². The van der Waals surface area contributed by atoms with Crippen LogP contribution < -0.4 is 11.1 Å². The van der Waals surface area contributed by atoms with Crippen LogP contribution in [0.2, 0.25) is 0 Å². The zero-order valence-electron chi connectivity index (χ0n) is 12.1. The molecule has 108 valence electrons. The van der Waals surface area contributed by atoms with Gasteiger partial charge in [0, 0.05) is 11.3 Å². The summed E-state index contributed by atoms with van der Waals surface area (Å²) in [6.07, 6.45) is 0.359.